The van der Waals surface area contributed by atoms with Crippen LogP contribution in [0.25, 0.3) is 0 Å². The predicted octanol–water partition coefficient (Wildman–Crippen LogP) is 1.89. The molecule has 1 aromatic carbocycles. The maximum atomic E-state index is 6.06. The van der Waals surface area contributed by atoms with Gasteiger partial charge in [0.2, 0.25) is 0 Å². The highest BCUT2D eigenvalue weighted by molar-refractivity contribution is 5.60. The molecule has 0 radical (unpaired) electrons. The fraction of sp³-hybridized carbons (Fsp3) is 0.400. The lowest BCUT2D eigenvalue weighted by Gasteiger charge is -2.24. The Hall–Kier alpha value is -1.02. The smallest absolute Gasteiger partial charge is 0.0544 e. The molecule has 2 heteroatoms. The number of benzene rings is 1. The molecule has 0 aliphatic carbocycles. The Balaban J connectivity index is 2.49. The van der Waals surface area contributed by atoms with Crippen molar-refractivity contribution in [2.75, 3.05) is 5.32 Å². The number of hydrogen-bond donors (Lipinski definition) is 2. The van der Waals surface area contributed by atoms with E-state index < -0.39 is 0 Å². The van der Waals surface area contributed by atoms with E-state index in [2.05, 4.69) is 31.3 Å². The van der Waals surface area contributed by atoms with E-state index in [-0.39, 0.29) is 11.6 Å². The average Bonchev–Trinajstić information content (AvgIpc) is 2.24. The first-order chi connectivity index (χ1) is 5.61. The maximum Gasteiger partial charge on any atom is 0.0544 e. The van der Waals surface area contributed by atoms with Crippen LogP contribution in [-0.4, -0.2) is 5.54 Å². The highest BCUT2D eigenvalue weighted by Crippen LogP contribution is 2.38. The Morgan fingerprint density at radius 2 is 2.00 bits per heavy atom. The molecule has 64 valence electrons. The molecule has 1 aliphatic heterocycles. The minimum absolute atomic E-state index is 0.0102. The van der Waals surface area contributed by atoms with Gasteiger partial charge in [-0.15, -0.1) is 0 Å². The van der Waals surface area contributed by atoms with Crippen molar-refractivity contribution < 1.29 is 0 Å². The molecule has 1 unspecified atom stereocenters. The van der Waals surface area contributed by atoms with Gasteiger partial charge < -0.3 is 11.1 Å². The molecule has 3 N–H and O–H groups in total. The summed E-state index contributed by atoms with van der Waals surface area (Å²) in [5, 5.41) is 3.40. The molecular formula is C10H14N2. The first-order valence-corrected chi connectivity index (χ1v) is 4.24. The normalized spacial score (nSPS) is 24.8. The van der Waals surface area contributed by atoms with Gasteiger partial charge in [0.1, 0.15) is 0 Å². The molecule has 1 heterocycles. The molecule has 0 fully saturated rings. The fourth-order valence-electron chi connectivity index (χ4n) is 1.70. The van der Waals surface area contributed by atoms with Crippen LogP contribution in [0.2, 0.25) is 0 Å². The second kappa shape index (κ2) is 2.23. The van der Waals surface area contributed by atoms with Gasteiger partial charge in [-0.3, -0.25) is 0 Å². The fourth-order valence-corrected chi connectivity index (χ4v) is 1.70. The van der Waals surface area contributed by atoms with Crippen molar-refractivity contribution in [1.82, 2.24) is 0 Å². The van der Waals surface area contributed by atoms with E-state index in [0.717, 1.165) is 0 Å². The van der Waals surface area contributed by atoms with E-state index in [1.807, 2.05) is 12.1 Å². The topological polar surface area (TPSA) is 38.0 Å². The summed E-state index contributed by atoms with van der Waals surface area (Å²) in [7, 11) is 0. The number of anilines is 1. The van der Waals surface area contributed by atoms with Crippen molar-refractivity contribution >= 4 is 5.69 Å². The second-order valence-electron chi connectivity index (χ2n) is 3.91. The molecule has 0 bridgehead atoms. The van der Waals surface area contributed by atoms with Gasteiger partial charge in [-0.25, -0.2) is 0 Å². The third-order valence-electron chi connectivity index (χ3n) is 2.53. The number of hydrogen-bond acceptors (Lipinski definition) is 2. The van der Waals surface area contributed by atoms with E-state index >= 15 is 0 Å². The van der Waals surface area contributed by atoms with Crippen molar-refractivity contribution in [3.63, 3.8) is 0 Å². The Kier molecular flexibility index (Phi) is 1.42. The minimum Gasteiger partial charge on any atom is -0.378 e. The third kappa shape index (κ3) is 0.916. The highest BCUT2D eigenvalue weighted by atomic mass is 15.1. The molecule has 0 saturated heterocycles. The van der Waals surface area contributed by atoms with E-state index in [9.17, 15) is 0 Å². The van der Waals surface area contributed by atoms with E-state index in [1.54, 1.807) is 0 Å². The van der Waals surface area contributed by atoms with Crippen LogP contribution in [0.1, 0.15) is 25.5 Å². The molecule has 1 aromatic rings. The lowest BCUT2D eigenvalue weighted by Crippen LogP contribution is -2.36. The summed E-state index contributed by atoms with van der Waals surface area (Å²) in [4.78, 5) is 0. The molecular weight excluding hydrogens is 148 g/mol. The van der Waals surface area contributed by atoms with Gasteiger partial charge in [0.25, 0.3) is 0 Å². The quantitative estimate of drug-likeness (QED) is 0.611. The molecule has 1 atom stereocenters. The summed E-state index contributed by atoms with van der Waals surface area (Å²) in [6, 6.07) is 8.32. The maximum absolute atomic E-state index is 6.06. The van der Waals surface area contributed by atoms with Crippen molar-refractivity contribution in [2.24, 2.45) is 5.73 Å². The van der Waals surface area contributed by atoms with Crippen LogP contribution in [0.15, 0.2) is 24.3 Å². The molecule has 2 rings (SSSR count). The predicted molar refractivity (Wildman–Crippen MR) is 51.1 cm³/mol. The Morgan fingerprint density at radius 1 is 1.33 bits per heavy atom. The lowest BCUT2D eigenvalue weighted by molar-refractivity contribution is 0.485. The van der Waals surface area contributed by atoms with E-state index in [1.165, 1.54) is 11.3 Å². The second-order valence-corrected chi connectivity index (χ2v) is 3.91. The number of rotatable bonds is 0. The molecule has 1 aliphatic rings. The lowest BCUT2D eigenvalue weighted by atomic mass is 9.94. The molecule has 12 heavy (non-hydrogen) atoms. The van der Waals surface area contributed by atoms with Crippen LogP contribution in [0.4, 0.5) is 5.69 Å². The summed E-state index contributed by atoms with van der Waals surface area (Å²) in [6.45, 7) is 4.25. The van der Waals surface area contributed by atoms with Crippen LogP contribution in [0, 0.1) is 0 Å². The number of nitrogens with one attached hydrogen (secondary N) is 1. The Bertz CT molecular complexity index is 304. The Labute approximate surface area is 72.8 Å². The monoisotopic (exact) mass is 162 g/mol. The zero-order chi connectivity index (χ0) is 8.77. The summed E-state index contributed by atoms with van der Waals surface area (Å²) >= 11 is 0. The zero-order valence-corrected chi connectivity index (χ0v) is 7.46. The first-order valence-electron chi connectivity index (χ1n) is 4.24. The summed E-state index contributed by atoms with van der Waals surface area (Å²) in [5.74, 6) is 0. The van der Waals surface area contributed by atoms with Gasteiger partial charge in [-0.1, -0.05) is 18.2 Å². The van der Waals surface area contributed by atoms with E-state index in [4.69, 9.17) is 5.73 Å². The first kappa shape index (κ1) is 7.62. The van der Waals surface area contributed by atoms with Crippen LogP contribution in [-0.2, 0) is 0 Å². The van der Waals surface area contributed by atoms with Gasteiger partial charge >= 0.3 is 0 Å². The Morgan fingerprint density at radius 3 is 2.67 bits per heavy atom. The number of para-hydroxylation sites is 1. The summed E-state index contributed by atoms with van der Waals surface area (Å²) < 4.78 is 0. The summed E-state index contributed by atoms with van der Waals surface area (Å²) in [6.07, 6.45) is 0. The number of fused-ring (bicyclic) bond motifs is 1. The van der Waals surface area contributed by atoms with Gasteiger partial charge in [-0.05, 0) is 25.5 Å². The van der Waals surface area contributed by atoms with Gasteiger partial charge in [0.05, 0.1) is 11.6 Å². The third-order valence-corrected chi connectivity index (χ3v) is 2.53. The van der Waals surface area contributed by atoms with Crippen LogP contribution < -0.4 is 11.1 Å². The van der Waals surface area contributed by atoms with Crippen molar-refractivity contribution in [3.8, 4) is 0 Å². The minimum atomic E-state index is -0.0102. The van der Waals surface area contributed by atoms with Crippen molar-refractivity contribution in [3.05, 3.63) is 29.8 Å². The van der Waals surface area contributed by atoms with Gasteiger partial charge in [0, 0.05) is 5.69 Å². The molecule has 0 amide bonds. The average molecular weight is 162 g/mol. The van der Waals surface area contributed by atoms with Crippen LogP contribution >= 0.6 is 0 Å². The standard InChI is InChI=1S/C10H14N2/c1-10(2)9(11)7-5-3-4-6-8(7)12-10/h3-6,9,12H,11H2,1-2H3. The largest absolute Gasteiger partial charge is 0.378 e. The van der Waals surface area contributed by atoms with Crippen molar-refractivity contribution in [1.29, 1.82) is 0 Å². The summed E-state index contributed by atoms with van der Waals surface area (Å²) in [5.41, 5.74) is 8.45. The van der Waals surface area contributed by atoms with Crippen LogP contribution in [0.3, 0.4) is 0 Å². The van der Waals surface area contributed by atoms with Crippen LogP contribution in [0.5, 0.6) is 0 Å². The highest BCUT2D eigenvalue weighted by Gasteiger charge is 2.35. The molecule has 0 spiro atoms. The van der Waals surface area contributed by atoms with Gasteiger partial charge in [0.15, 0.2) is 0 Å². The molecule has 0 saturated carbocycles. The van der Waals surface area contributed by atoms with Crippen molar-refractivity contribution in [2.45, 2.75) is 25.4 Å². The number of nitrogens with two attached hydrogens (primary N) is 1. The SMILES string of the molecule is CC1(C)Nc2ccccc2C1N. The molecule has 2 nitrogen and oxygen atoms in total. The zero-order valence-electron chi connectivity index (χ0n) is 7.46. The van der Waals surface area contributed by atoms with Gasteiger partial charge in [-0.2, -0.15) is 0 Å². The molecule has 0 aromatic heterocycles. The van der Waals surface area contributed by atoms with E-state index in [0.29, 0.717) is 0 Å².